The van der Waals surface area contributed by atoms with E-state index in [-0.39, 0.29) is 11.8 Å². The normalized spacial score (nSPS) is 18.2. The standard InChI is InChI=1S/C26H28N2O2S/c1-27-25(30)26(18-21-10-5-6-11-22(21)23-12-7-17-31-23)15-16-28(19-26)24(29)14-13-20-8-3-2-4-9-20/h2-12,17H,13-16,18-19H2,1H3,(H,27,30). The number of carbonyl (C=O) groups excluding carboxylic acids is 2. The molecule has 4 rings (SSSR count). The van der Waals surface area contributed by atoms with Gasteiger partial charge in [0.2, 0.25) is 11.8 Å². The fraction of sp³-hybridized carbons (Fsp3) is 0.308. The number of thiophene rings is 1. The van der Waals surface area contributed by atoms with Crippen molar-refractivity contribution in [2.24, 2.45) is 5.41 Å². The summed E-state index contributed by atoms with van der Waals surface area (Å²) in [7, 11) is 1.69. The lowest BCUT2D eigenvalue weighted by atomic mass is 9.78. The summed E-state index contributed by atoms with van der Waals surface area (Å²) >= 11 is 1.71. The Morgan fingerprint density at radius 2 is 1.81 bits per heavy atom. The molecule has 0 spiro atoms. The van der Waals surface area contributed by atoms with Crippen LogP contribution in [0.4, 0.5) is 0 Å². The molecule has 3 aromatic rings. The lowest BCUT2D eigenvalue weighted by Crippen LogP contribution is -2.44. The molecule has 1 atom stereocenters. The summed E-state index contributed by atoms with van der Waals surface area (Å²) in [6.45, 7) is 1.10. The third-order valence-corrected chi connectivity index (χ3v) is 7.12. The number of amides is 2. The van der Waals surface area contributed by atoms with Crippen molar-refractivity contribution >= 4 is 23.2 Å². The van der Waals surface area contributed by atoms with E-state index in [0.717, 1.165) is 17.5 Å². The molecule has 4 nitrogen and oxygen atoms in total. The van der Waals surface area contributed by atoms with Gasteiger partial charge in [0.15, 0.2) is 0 Å². The summed E-state index contributed by atoms with van der Waals surface area (Å²) in [6, 6.07) is 22.5. The second-order valence-electron chi connectivity index (χ2n) is 8.22. The Bertz CT molecular complexity index is 1030. The molecular weight excluding hydrogens is 404 g/mol. The lowest BCUT2D eigenvalue weighted by molar-refractivity contribution is -0.133. The van der Waals surface area contributed by atoms with E-state index in [1.54, 1.807) is 18.4 Å². The van der Waals surface area contributed by atoms with Gasteiger partial charge in [-0.15, -0.1) is 11.3 Å². The van der Waals surface area contributed by atoms with Crippen LogP contribution in [-0.4, -0.2) is 36.9 Å². The lowest BCUT2D eigenvalue weighted by Gasteiger charge is -2.28. The molecule has 1 unspecified atom stereocenters. The third-order valence-electron chi connectivity index (χ3n) is 6.22. The second kappa shape index (κ2) is 9.48. The molecule has 1 aromatic heterocycles. The average molecular weight is 433 g/mol. The summed E-state index contributed by atoms with van der Waals surface area (Å²) < 4.78 is 0. The Labute approximate surface area is 187 Å². The average Bonchev–Trinajstić information content (AvgIpc) is 3.49. The fourth-order valence-corrected chi connectivity index (χ4v) is 5.31. The molecule has 1 aliphatic heterocycles. The van der Waals surface area contributed by atoms with Gasteiger partial charge in [-0.3, -0.25) is 9.59 Å². The number of nitrogens with zero attached hydrogens (tertiary/aromatic N) is 1. The number of aryl methyl sites for hydroxylation is 1. The second-order valence-corrected chi connectivity index (χ2v) is 9.17. The molecule has 0 radical (unpaired) electrons. The van der Waals surface area contributed by atoms with Gasteiger partial charge < -0.3 is 10.2 Å². The van der Waals surface area contributed by atoms with Gasteiger partial charge in [0.25, 0.3) is 0 Å². The molecule has 1 fully saturated rings. The Hall–Kier alpha value is -2.92. The van der Waals surface area contributed by atoms with Crippen molar-refractivity contribution in [1.82, 2.24) is 10.2 Å². The maximum Gasteiger partial charge on any atom is 0.228 e. The molecule has 31 heavy (non-hydrogen) atoms. The molecule has 0 saturated carbocycles. The summed E-state index contributed by atoms with van der Waals surface area (Å²) in [5, 5.41) is 4.94. The van der Waals surface area contributed by atoms with Crippen LogP contribution in [0.2, 0.25) is 0 Å². The van der Waals surface area contributed by atoms with E-state index in [9.17, 15) is 9.59 Å². The van der Waals surface area contributed by atoms with Crippen molar-refractivity contribution in [3.63, 3.8) is 0 Å². The highest BCUT2D eigenvalue weighted by Crippen LogP contribution is 2.38. The largest absolute Gasteiger partial charge is 0.359 e. The highest BCUT2D eigenvalue weighted by molar-refractivity contribution is 7.13. The van der Waals surface area contributed by atoms with Crippen molar-refractivity contribution in [2.75, 3.05) is 20.1 Å². The Morgan fingerprint density at radius 1 is 1.03 bits per heavy atom. The first-order valence-electron chi connectivity index (χ1n) is 10.8. The van der Waals surface area contributed by atoms with Gasteiger partial charge in [-0.1, -0.05) is 60.7 Å². The molecule has 2 heterocycles. The molecule has 1 saturated heterocycles. The van der Waals surface area contributed by atoms with Crippen molar-refractivity contribution < 1.29 is 9.59 Å². The molecule has 0 aliphatic carbocycles. The highest BCUT2D eigenvalue weighted by atomic mass is 32.1. The minimum Gasteiger partial charge on any atom is -0.359 e. The van der Waals surface area contributed by atoms with Crippen molar-refractivity contribution in [3.05, 3.63) is 83.2 Å². The summed E-state index contributed by atoms with van der Waals surface area (Å²) in [5.74, 6) is 0.146. The van der Waals surface area contributed by atoms with E-state index in [1.807, 2.05) is 53.4 Å². The van der Waals surface area contributed by atoms with Gasteiger partial charge in [-0.25, -0.2) is 0 Å². The van der Waals surface area contributed by atoms with E-state index in [4.69, 9.17) is 0 Å². The Morgan fingerprint density at radius 3 is 2.55 bits per heavy atom. The number of likely N-dealkylation sites (tertiary alicyclic amines) is 1. The maximum absolute atomic E-state index is 13.0. The molecule has 2 amide bonds. The highest BCUT2D eigenvalue weighted by Gasteiger charge is 2.45. The van der Waals surface area contributed by atoms with Crippen molar-refractivity contribution in [3.8, 4) is 10.4 Å². The summed E-state index contributed by atoms with van der Waals surface area (Å²) in [5.41, 5.74) is 2.91. The van der Waals surface area contributed by atoms with Gasteiger partial charge in [-0.2, -0.15) is 0 Å². The van der Waals surface area contributed by atoms with Gasteiger partial charge in [0, 0.05) is 31.4 Å². The van der Waals surface area contributed by atoms with Crippen LogP contribution in [0.5, 0.6) is 0 Å². The van der Waals surface area contributed by atoms with E-state index in [0.29, 0.717) is 32.4 Å². The van der Waals surface area contributed by atoms with Crippen LogP contribution < -0.4 is 5.32 Å². The number of hydrogen-bond acceptors (Lipinski definition) is 3. The number of carbonyl (C=O) groups is 2. The Balaban J connectivity index is 1.51. The monoisotopic (exact) mass is 432 g/mol. The van der Waals surface area contributed by atoms with Crippen LogP contribution in [0, 0.1) is 5.41 Å². The van der Waals surface area contributed by atoms with Gasteiger partial charge >= 0.3 is 0 Å². The third kappa shape index (κ3) is 4.72. The number of nitrogens with one attached hydrogen (secondary N) is 1. The molecule has 1 aliphatic rings. The minimum atomic E-state index is -0.593. The number of rotatable bonds is 7. The van der Waals surface area contributed by atoms with Crippen LogP contribution in [0.3, 0.4) is 0 Å². The van der Waals surface area contributed by atoms with Gasteiger partial charge in [0.05, 0.1) is 5.41 Å². The van der Waals surface area contributed by atoms with Crippen LogP contribution >= 0.6 is 11.3 Å². The van der Waals surface area contributed by atoms with E-state index >= 15 is 0 Å². The van der Waals surface area contributed by atoms with E-state index in [2.05, 4.69) is 28.9 Å². The molecule has 160 valence electrons. The zero-order valence-electron chi connectivity index (χ0n) is 17.8. The molecular formula is C26H28N2O2S. The molecule has 1 N–H and O–H groups in total. The van der Waals surface area contributed by atoms with E-state index in [1.165, 1.54) is 10.4 Å². The molecule has 0 bridgehead atoms. The van der Waals surface area contributed by atoms with Crippen LogP contribution in [0.15, 0.2) is 72.1 Å². The van der Waals surface area contributed by atoms with Gasteiger partial charge in [0.1, 0.15) is 0 Å². The van der Waals surface area contributed by atoms with Crippen LogP contribution in [-0.2, 0) is 22.4 Å². The fourth-order valence-electron chi connectivity index (χ4n) is 4.53. The topological polar surface area (TPSA) is 49.4 Å². The quantitative estimate of drug-likeness (QED) is 0.595. The maximum atomic E-state index is 13.0. The first-order chi connectivity index (χ1) is 15.1. The summed E-state index contributed by atoms with van der Waals surface area (Å²) in [4.78, 5) is 29.0. The first-order valence-corrected chi connectivity index (χ1v) is 11.6. The predicted octanol–water partition coefficient (Wildman–Crippen LogP) is 4.56. The van der Waals surface area contributed by atoms with Crippen molar-refractivity contribution in [1.29, 1.82) is 0 Å². The van der Waals surface area contributed by atoms with Crippen molar-refractivity contribution in [2.45, 2.75) is 25.7 Å². The van der Waals surface area contributed by atoms with Crippen LogP contribution in [0.25, 0.3) is 10.4 Å². The van der Waals surface area contributed by atoms with Gasteiger partial charge in [-0.05, 0) is 47.4 Å². The smallest absolute Gasteiger partial charge is 0.228 e. The number of hydrogen-bond donors (Lipinski definition) is 1. The molecule has 2 aromatic carbocycles. The predicted molar refractivity (Wildman–Crippen MR) is 126 cm³/mol. The first kappa shape index (κ1) is 21.3. The zero-order valence-corrected chi connectivity index (χ0v) is 18.7. The van der Waals surface area contributed by atoms with Crippen LogP contribution in [0.1, 0.15) is 24.0 Å². The zero-order chi connectivity index (χ0) is 21.7. The Kier molecular flexibility index (Phi) is 6.52. The molecule has 5 heteroatoms. The SMILES string of the molecule is CNC(=O)C1(Cc2ccccc2-c2cccs2)CCN(C(=O)CCc2ccccc2)C1. The number of benzene rings is 2. The minimum absolute atomic E-state index is 0.0202. The summed E-state index contributed by atoms with van der Waals surface area (Å²) in [6.07, 6.45) is 2.51. The van der Waals surface area contributed by atoms with E-state index < -0.39 is 5.41 Å².